The molecule has 0 radical (unpaired) electrons. The van der Waals surface area contributed by atoms with Crippen LogP contribution in [0.1, 0.15) is 23.8 Å². The molecule has 1 atom stereocenters. The number of nitrogens with zero attached hydrogens (tertiary/aromatic N) is 1. The summed E-state index contributed by atoms with van der Waals surface area (Å²) in [5.41, 5.74) is 6.06. The van der Waals surface area contributed by atoms with Gasteiger partial charge in [0.25, 0.3) is 0 Å². The number of fused-ring (bicyclic) bond motifs is 5. The van der Waals surface area contributed by atoms with Gasteiger partial charge in [-0.1, -0.05) is 42.5 Å². The van der Waals surface area contributed by atoms with Crippen molar-refractivity contribution in [1.29, 1.82) is 0 Å². The third-order valence-corrected chi connectivity index (χ3v) is 4.44. The molecule has 4 rings (SSSR count). The van der Waals surface area contributed by atoms with E-state index in [9.17, 15) is 5.11 Å². The molecule has 0 amide bonds. The monoisotopic (exact) mass is 263 g/mol. The summed E-state index contributed by atoms with van der Waals surface area (Å²) < 4.78 is 2.15. The summed E-state index contributed by atoms with van der Waals surface area (Å²) in [6.45, 7) is 0. The molecular weight excluding hydrogens is 246 g/mol. The molecule has 1 aliphatic carbocycles. The van der Waals surface area contributed by atoms with E-state index < -0.39 is 6.10 Å². The molecule has 0 fully saturated rings. The molecule has 2 nitrogen and oxygen atoms in total. The summed E-state index contributed by atoms with van der Waals surface area (Å²) in [6, 6.07) is 16.9. The Bertz CT molecular complexity index is 800. The van der Waals surface area contributed by atoms with E-state index in [1.54, 1.807) is 0 Å². The molecule has 1 heterocycles. The largest absolute Gasteiger partial charge is 0.387 e. The van der Waals surface area contributed by atoms with Crippen LogP contribution in [0.5, 0.6) is 0 Å². The predicted molar refractivity (Wildman–Crippen MR) is 81.6 cm³/mol. The lowest BCUT2D eigenvalue weighted by molar-refractivity contribution is 0.162. The standard InChI is InChI=1S/C18H17NO/c1-19-15-9-5-4-8-14(15)17-13-7-3-2-6-12(13)10-11-16(20)18(17)19/h2-9,16,20H,10-11H2,1H3. The molecule has 2 aromatic carbocycles. The number of para-hydroxylation sites is 1. The maximum Gasteiger partial charge on any atom is 0.0949 e. The summed E-state index contributed by atoms with van der Waals surface area (Å²) in [5.74, 6) is 0. The smallest absolute Gasteiger partial charge is 0.0949 e. The summed E-state index contributed by atoms with van der Waals surface area (Å²) in [4.78, 5) is 0. The first kappa shape index (κ1) is 11.7. The van der Waals surface area contributed by atoms with Crippen LogP contribution in [0.3, 0.4) is 0 Å². The fraction of sp³-hybridized carbons (Fsp3) is 0.222. The molecule has 20 heavy (non-hydrogen) atoms. The van der Waals surface area contributed by atoms with Gasteiger partial charge in [-0.15, -0.1) is 0 Å². The summed E-state index contributed by atoms with van der Waals surface area (Å²) in [7, 11) is 2.05. The first-order valence-corrected chi connectivity index (χ1v) is 7.11. The molecule has 1 unspecified atom stereocenters. The Morgan fingerprint density at radius 2 is 1.80 bits per heavy atom. The molecular formula is C18H17NO. The van der Waals surface area contributed by atoms with Gasteiger partial charge in [-0.05, 0) is 30.0 Å². The molecule has 100 valence electrons. The first-order chi connectivity index (χ1) is 9.77. The lowest BCUT2D eigenvalue weighted by Gasteiger charge is -2.11. The molecule has 1 N–H and O–H groups in total. The van der Waals surface area contributed by atoms with Gasteiger partial charge in [0.05, 0.1) is 11.8 Å². The highest BCUT2D eigenvalue weighted by atomic mass is 16.3. The molecule has 0 spiro atoms. The highest BCUT2D eigenvalue weighted by Gasteiger charge is 2.26. The van der Waals surface area contributed by atoms with Crippen molar-refractivity contribution in [2.75, 3.05) is 0 Å². The molecule has 0 aliphatic heterocycles. The van der Waals surface area contributed by atoms with Crippen molar-refractivity contribution < 1.29 is 5.11 Å². The van der Waals surface area contributed by atoms with Crippen LogP contribution < -0.4 is 0 Å². The number of rotatable bonds is 0. The molecule has 1 aromatic heterocycles. The highest BCUT2D eigenvalue weighted by molar-refractivity contribution is 5.99. The van der Waals surface area contributed by atoms with Gasteiger partial charge in [-0.2, -0.15) is 0 Å². The Morgan fingerprint density at radius 1 is 1.05 bits per heavy atom. The van der Waals surface area contributed by atoms with Gasteiger partial charge in [0.1, 0.15) is 0 Å². The minimum Gasteiger partial charge on any atom is -0.387 e. The van der Waals surface area contributed by atoms with Crippen LogP contribution in [0.2, 0.25) is 0 Å². The number of aliphatic hydroxyl groups is 1. The molecule has 1 aliphatic rings. The van der Waals surface area contributed by atoms with Crippen molar-refractivity contribution in [1.82, 2.24) is 4.57 Å². The minimum atomic E-state index is -0.394. The van der Waals surface area contributed by atoms with Gasteiger partial charge in [0.2, 0.25) is 0 Å². The second-order valence-corrected chi connectivity index (χ2v) is 5.55. The van der Waals surface area contributed by atoms with Crippen LogP contribution in [0, 0.1) is 0 Å². The number of hydrogen-bond acceptors (Lipinski definition) is 1. The molecule has 0 saturated heterocycles. The van der Waals surface area contributed by atoms with Gasteiger partial charge in [-0.25, -0.2) is 0 Å². The van der Waals surface area contributed by atoms with Crippen LogP contribution in [-0.4, -0.2) is 9.67 Å². The zero-order valence-corrected chi connectivity index (χ0v) is 11.5. The second-order valence-electron chi connectivity index (χ2n) is 5.55. The zero-order valence-electron chi connectivity index (χ0n) is 11.5. The van der Waals surface area contributed by atoms with E-state index in [2.05, 4.69) is 60.1 Å². The summed E-state index contributed by atoms with van der Waals surface area (Å²) in [6.07, 6.45) is 1.32. The molecule has 2 heteroatoms. The number of benzene rings is 2. The number of aromatic nitrogens is 1. The van der Waals surface area contributed by atoms with Crippen LogP contribution >= 0.6 is 0 Å². The maximum absolute atomic E-state index is 10.6. The zero-order chi connectivity index (χ0) is 13.7. The van der Waals surface area contributed by atoms with E-state index in [0.29, 0.717) is 0 Å². The third-order valence-electron chi connectivity index (χ3n) is 4.44. The average Bonchev–Trinajstić information content (AvgIpc) is 2.69. The van der Waals surface area contributed by atoms with Crippen LogP contribution in [-0.2, 0) is 13.5 Å². The first-order valence-electron chi connectivity index (χ1n) is 7.11. The van der Waals surface area contributed by atoms with Gasteiger partial charge in [0, 0.05) is 23.5 Å². The predicted octanol–water partition coefficient (Wildman–Crippen LogP) is 3.82. The lowest BCUT2D eigenvalue weighted by atomic mass is 9.97. The van der Waals surface area contributed by atoms with Crippen molar-refractivity contribution in [2.45, 2.75) is 18.9 Å². The van der Waals surface area contributed by atoms with Crippen molar-refractivity contribution in [3.05, 3.63) is 59.8 Å². The van der Waals surface area contributed by atoms with Crippen LogP contribution in [0.4, 0.5) is 0 Å². The summed E-state index contributed by atoms with van der Waals surface area (Å²) in [5, 5.41) is 11.8. The second kappa shape index (κ2) is 4.22. The number of aryl methyl sites for hydroxylation is 2. The van der Waals surface area contributed by atoms with Crippen molar-refractivity contribution in [3.63, 3.8) is 0 Å². The Labute approximate surface area is 118 Å². The van der Waals surface area contributed by atoms with Crippen LogP contribution in [0.15, 0.2) is 48.5 Å². The minimum absolute atomic E-state index is 0.394. The van der Waals surface area contributed by atoms with Crippen molar-refractivity contribution >= 4 is 10.9 Å². The van der Waals surface area contributed by atoms with E-state index in [0.717, 1.165) is 18.5 Å². The fourth-order valence-electron chi connectivity index (χ4n) is 3.50. The Morgan fingerprint density at radius 3 is 2.70 bits per heavy atom. The Balaban J connectivity index is 2.18. The maximum atomic E-state index is 10.6. The van der Waals surface area contributed by atoms with Crippen molar-refractivity contribution in [3.8, 4) is 11.1 Å². The van der Waals surface area contributed by atoms with E-state index >= 15 is 0 Å². The Hall–Kier alpha value is -2.06. The van der Waals surface area contributed by atoms with Crippen LogP contribution in [0.25, 0.3) is 22.0 Å². The van der Waals surface area contributed by atoms with Crippen molar-refractivity contribution in [2.24, 2.45) is 7.05 Å². The average molecular weight is 263 g/mol. The van der Waals surface area contributed by atoms with E-state index in [1.165, 1.54) is 27.6 Å². The van der Waals surface area contributed by atoms with Gasteiger partial charge >= 0.3 is 0 Å². The van der Waals surface area contributed by atoms with E-state index in [1.807, 2.05) is 0 Å². The SMILES string of the molecule is Cn1c2c(c3ccccc31)-c1ccccc1CCC2O. The van der Waals surface area contributed by atoms with E-state index in [-0.39, 0.29) is 0 Å². The quantitative estimate of drug-likeness (QED) is 0.655. The molecule has 3 aromatic rings. The van der Waals surface area contributed by atoms with E-state index in [4.69, 9.17) is 0 Å². The number of aliphatic hydroxyl groups excluding tert-OH is 1. The van der Waals surface area contributed by atoms with Gasteiger partial charge in [0.15, 0.2) is 0 Å². The van der Waals surface area contributed by atoms with Gasteiger partial charge < -0.3 is 9.67 Å². The normalized spacial score (nSPS) is 17.6. The third kappa shape index (κ3) is 1.49. The lowest BCUT2D eigenvalue weighted by Crippen LogP contribution is -2.04. The highest BCUT2D eigenvalue weighted by Crippen LogP contribution is 2.42. The topological polar surface area (TPSA) is 25.2 Å². The summed E-state index contributed by atoms with van der Waals surface area (Å²) >= 11 is 0. The molecule has 0 saturated carbocycles. The van der Waals surface area contributed by atoms with Gasteiger partial charge in [-0.3, -0.25) is 0 Å². The Kier molecular flexibility index (Phi) is 2.48. The number of hydrogen-bond donors (Lipinski definition) is 1. The molecule has 0 bridgehead atoms. The fourth-order valence-corrected chi connectivity index (χ4v) is 3.50.